The van der Waals surface area contributed by atoms with Gasteiger partial charge in [0.05, 0.1) is 12.1 Å². The Kier molecular flexibility index (Phi) is 5.01. The van der Waals surface area contributed by atoms with Gasteiger partial charge in [-0.2, -0.15) is 0 Å². The van der Waals surface area contributed by atoms with E-state index in [0.29, 0.717) is 17.4 Å². The number of halogens is 1. The molecule has 0 unspecified atom stereocenters. The highest BCUT2D eigenvalue weighted by Crippen LogP contribution is 2.31. The van der Waals surface area contributed by atoms with E-state index in [1.54, 1.807) is 0 Å². The maximum Gasteiger partial charge on any atom is 0.233 e. The molecule has 1 aliphatic heterocycles. The molecule has 0 saturated carbocycles. The Hall–Kier alpha value is -1.73. The molecule has 1 aromatic carbocycles. The third-order valence-corrected chi connectivity index (χ3v) is 5.18. The topological polar surface area (TPSA) is 62.3 Å². The van der Waals surface area contributed by atoms with Crippen molar-refractivity contribution >= 4 is 49.9 Å². The quantitative estimate of drug-likeness (QED) is 0.841. The van der Waals surface area contributed by atoms with E-state index in [1.807, 2.05) is 36.3 Å². The summed E-state index contributed by atoms with van der Waals surface area (Å²) in [6.07, 6.45) is 1.11. The minimum atomic E-state index is -0.0978. The molecule has 0 aliphatic carbocycles. The Balaban J connectivity index is 1.66. The maximum atomic E-state index is 12.6. The number of carbonyl (C=O) groups excluding carboxylic acids is 2. The number of nitrogens with zero attached hydrogens (tertiary/aromatic N) is 2. The van der Waals surface area contributed by atoms with Crippen molar-refractivity contribution < 1.29 is 9.59 Å². The molecular formula is C17H18BrN3O2S. The lowest BCUT2D eigenvalue weighted by atomic mass is 10.2. The lowest BCUT2D eigenvalue weighted by Crippen LogP contribution is -2.30. The van der Waals surface area contributed by atoms with Crippen LogP contribution in [-0.4, -0.2) is 23.3 Å². The van der Waals surface area contributed by atoms with E-state index < -0.39 is 0 Å². The Morgan fingerprint density at radius 1 is 1.42 bits per heavy atom. The molecule has 0 atom stereocenters. The number of hydrogen-bond acceptors (Lipinski definition) is 4. The van der Waals surface area contributed by atoms with Crippen molar-refractivity contribution in [3.63, 3.8) is 0 Å². The first-order chi connectivity index (χ1) is 11.4. The predicted molar refractivity (Wildman–Crippen MR) is 99.5 cm³/mol. The zero-order valence-corrected chi connectivity index (χ0v) is 15.9. The number of aromatic nitrogens is 1. The highest BCUT2D eigenvalue weighted by molar-refractivity contribution is 9.10. The normalized spacial score (nSPS) is 13.2. The van der Waals surface area contributed by atoms with Crippen LogP contribution in [-0.2, 0) is 22.4 Å². The van der Waals surface area contributed by atoms with E-state index in [9.17, 15) is 9.59 Å². The highest BCUT2D eigenvalue weighted by Gasteiger charge is 2.25. The van der Waals surface area contributed by atoms with E-state index in [0.717, 1.165) is 16.6 Å². The van der Waals surface area contributed by atoms with Gasteiger partial charge in [-0.3, -0.25) is 9.59 Å². The summed E-state index contributed by atoms with van der Waals surface area (Å²) in [5, 5.41) is 5.13. The van der Waals surface area contributed by atoms with Crippen molar-refractivity contribution in [1.82, 2.24) is 4.98 Å². The smallest absolute Gasteiger partial charge is 0.233 e. The van der Waals surface area contributed by atoms with E-state index in [4.69, 9.17) is 0 Å². The average molecular weight is 408 g/mol. The van der Waals surface area contributed by atoms with Crippen molar-refractivity contribution in [2.24, 2.45) is 5.92 Å². The number of hydrogen-bond donors (Lipinski definition) is 1. The van der Waals surface area contributed by atoms with Gasteiger partial charge in [0.2, 0.25) is 11.8 Å². The first kappa shape index (κ1) is 17.1. The molecule has 126 valence electrons. The van der Waals surface area contributed by atoms with E-state index in [-0.39, 0.29) is 24.2 Å². The van der Waals surface area contributed by atoms with Crippen molar-refractivity contribution in [3.8, 4) is 0 Å². The van der Waals surface area contributed by atoms with Crippen LogP contribution in [0.5, 0.6) is 0 Å². The van der Waals surface area contributed by atoms with Gasteiger partial charge in [0.25, 0.3) is 0 Å². The average Bonchev–Trinajstić information content (AvgIpc) is 3.13. The van der Waals surface area contributed by atoms with Crippen molar-refractivity contribution in [2.75, 3.05) is 16.8 Å². The standard InChI is InChI=1S/C17H18BrN3O2S/c1-10(2)16(23)20-17-19-13(9-24-17)8-15(22)21-6-5-11-7-12(18)3-4-14(11)21/h3-4,7,9-10H,5-6,8H2,1-2H3,(H,19,20,23). The molecule has 2 amide bonds. The molecule has 2 heterocycles. The number of anilines is 2. The second-order valence-electron chi connectivity index (χ2n) is 6.03. The lowest BCUT2D eigenvalue weighted by Gasteiger charge is -2.16. The molecule has 0 fully saturated rings. The highest BCUT2D eigenvalue weighted by atomic mass is 79.9. The van der Waals surface area contributed by atoms with E-state index in [2.05, 4.69) is 32.3 Å². The van der Waals surface area contributed by atoms with Crippen LogP contribution in [0.3, 0.4) is 0 Å². The second-order valence-corrected chi connectivity index (χ2v) is 7.81. The summed E-state index contributed by atoms with van der Waals surface area (Å²) in [5.41, 5.74) is 2.85. The largest absolute Gasteiger partial charge is 0.311 e. The number of rotatable bonds is 4. The van der Waals surface area contributed by atoms with Gasteiger partial charge in [-0.1, -0.05) is 29.8 Å². The van der Waals surface area contributed by atoms with Crippen LogP contribution in [0, 0.1) is 5.92 Å². The van der Waals surface area contributed by atoms with Gasteiger partial charge < -0.3 is 10.2 Å². The number of carbonyl (C=O) groups is 2. The molecule has 1 N–H and O–H groups in total. The van der Waals surface area contributed by atoms with Crippen LogP contribution in [0.15, 0.2) is 28.1 Å². The molecule has 0 spiro atoms. The molecule has 5 nitrogen and oxygen atoms in total. The van der Waals surface area contributed by atoms with Crippen LogP contribution >= 0.6 is 27.3 Å². The van der Waals surface area contributed by atoms with Crippen LogP contribution in [0.1, 0.15) is 25.1 Å². The summed E-state index contributed by atoms with van der Waals surface area (Å²) < 4.78 is 1.03. The fourth-order valence-corrected chi connectivity index (χ4v) is 3.70. The van der Waals surface area contributed by atoms with Crippen LogP contribution in [0.2, 0.25) is 0 Å². The lowest BCUT2D eigenvalue weighted by molar-refractivity contribution is -0.119. The number of thiazole rings is 1. The summed E-state index contributed by atoms with van der Waals surface area (Å²) in [4.78, 5) is 30.4. The Morgan fingerprint density at radius 2 is 2.21 bits per heavy atom. The SMILES string of the molecule is CC(C)C(=O)Nc1nc(CC(=O)N2CCc3cc(Br)ccc32)cs1. The Labute approximate surface area is 153 Å². The summed E-state index contributed by atoms with van der Waals surface area (Å²) in [6.45, 7) is 4.36. The summed E-state index contributed by atoms with van der Waals surface area (Å²) in [7, 11) is 0. The second kappa shape index (κ2) is 7.03. The van der Waals surface area contributed by atoms with Crippen LogP contribution < -0.4 is 10.2 Å². The van der Waals surface area contributed by atoms with Crippen LogP contribution in [0.4, 0.5) is 10.8 Å². The number of fused-ring (bicyclic) bond motifs is 1. The van der Waals surface area contributed by atoms with Crippen LogP contribution in [0.25, 0.3) is 0 Å². The first-order valence-corrected chi connectivity index (χ1v) is 9.45. The molecule has 0 radical (unpaired) electrons. The number of benzene rings is 1. The van der Waals surface area contributed by atoms with Gasteiger partial charge in [0.1, 0.15) is 0 Å². The zero-order valence-electron chi connectivity index (χ0n) is 13.5. The van der Waals surface area contributed by atoms with E-state index in [1.165, 1.54) is 16.9 Å². The predicted octanol–water partition coefficient (Wildman–Crippen LogP) is 3.63. The summed E-state index contributed by atoms with van der Waals surface area (Å²) in [6, 6.07) is 5.98. The van der Waals surface area contributed by atoms with Crippen molar-refractivity contribution in [2.45, 2.75) is 26.7 Å². The van der Waals surface area contributed by atoms with Gasteiger partial charge in [0, 0.05) is 28.0 Å². The summed E-state index contributed by atoms with van der Waals surface area (Å²) >= 11 is 4.81. The monoisotopic (exact) mass is 407 g/mol. The molecule has 0 bridgehead atoms. The van der Waals surface area contributed by atoms with E-state index >= 15 is 0 Å². The fraction of sp³-hybridized carbons (Fsp3) is 0.353. The van der Waals surface area contributed by atoms with Gasteiger partial charge in [-0.05, 0) is 30.2 Å². The minimum absolute atomic E-state index is 0.0307. The Morgan fingerprint density at radius 3 is 2.96 bits per heavy atom. The molecule has 24 heavy (non-hydrogen) atoms. The maximum absolute atomic E-state index is 12.6. The van der Waals surface area contributed by atoms with Gasteiger partial charge >= 0.3 is 0 Å². The third-order valence-electron chi connectivity index (χ3n) is 3.88. The third kappa shape index (κ3) is 3.67. The number of nitrogens with one attached hydrogen (secondary N) is 1. The molecular weight excluding hydrogens is 390 g/mol. The Bertz CT molecular complexity index is 788. The molecule has 3 rings (SSSR count). The van der Waals surface area contributed by atoms with Crippen molar-refractivity contribution in [1.29, 1.82) is 0 Å². The minimum Gasteiger partial charge on any atom is -0.311 e. The molecule has 1 aliphatic rings. The van der Waals surface area contributed by atoms with Gasteiger partial charge in [0.15, 0.2) is 5.13 Å². The fourth-order valence-electron chi connectivity index (χ4n) is 2.58. The van der Waals surface area contributed by atoms with Gasteiger partial charge in [-0.25, -0.2) is 4.98 Å². The zero-order chi connectivity index (χ0) is 17.3. The molecule has 1 aromatic heterocycles. The summed E-state index contributed by atoms with van der Waals surface area (Å²) in [5.74, 6) is -0.135. The first-order valence-electron chi connectivity index (χ1n) is 7.78. The van der Waals surface area contributed by atoms with Crippen molar-refractivity contribution in [3.05, 3.63) is 39.3 Å². The molecule has 7 heteroatoms. The van der Waals surface area contributed by atoms with Gasteiger partial charge in [-0.15, -0.1) is 11.3 Å². The molecule has 2 aromatic rings. The molecule has 0 saturated heterocycles. The number of amides is 2.